The number of carbonyl (C=O) groups excluding carboxylic acids is 2. The van der Waals surface area contributed by atoms with Gasteiger partial charge in [-0.2, -0.15) is 0 Å². The lowest BCUT2D eigenvalue weighted by molar-refractivity contribution is -0.161. The number of unbranched alkanes of at least 4 members (excludes halogenated alkanes) is 18. The predicted molar refractivity (Wildman–Crippen MR) is 211 cm³/mol. The minimum Gasteiger partial charge on any atom is -0.462 e. The Morgan fingerprint density at radius 1 is 0.540 bits per heavy atom. The van der Waals surface area contributed by atoms with Crippen LogP contribution in [0.3, 0.4) is 0 Å². The maximum Gasteiger partial charge on any atom is 0.306 e. The first kappa shape index (κ1) is 47.8. The molecule has 0 aliphatic rings. The summed E-state index contributed by atoms with van der Waals surface area (Å²) in [6.07, 6.45) is 46.7. The van der Waals surface area contributed by atoms with E-state index in [1.54, 1.807) is 0 Å². The van der Waals surface area contributed by atoms with Crippen LogP contribution >= 0.6 is 0 Å². The number of rotatable bonds is 37. The fraction of sp³-hybridized carbons (Fsp3) is 0.773. The fourth-order valence-corrected chi connectivity index (χ4v) is 5.80. The zero-order valence-electron chi connectivity index (χ0n) is 32.5. The summed E-state index contributed by atoms with van der Waals surface area (Å²) in [6.45, 7) is 3.90. The SMILES string of the molecule is CCCCCCCCCCCCCCCCCCCCC(=O)OC[C@H](CO)OC(=O)CCC/C=C\C/C=C\C/C=C\C/C=C\CC(O)CCC. The van der Waals surface area contributed by atoms with Gasteiger partial charge in [-0.1, -0.05) is 178 Å². The lowest BCUT2D eigenvalue weighted by Crippen LogP contribution is -2.28. The minimum atomic E-state index is -0.809. The monoisotopic (exact) mass is 703 g/mol. The molecule has 0 amide bonds. The van der Waals surface area contributed by atoms with E-state index < -0.39 is 6.10 Å². The lowest BCUT2D eigenvalue weighted by Gasteiger charge is -2.15. The summed E-state index contributed by atoms with van der Waals surface area (Å²) < 4.78 is 10.6. The van der Waals surface area contributed by atoms with Crippen LogP contribution in [0.25, 0.3) is 0 Å². The van der Waals surface area contributed by atoms with Crippen molar-refractivity contribution in [2.24, 2.45) is 0 Å². The molecule has 290 valence electrons. The first-order valence-electron chi connectivity index (χ1n) is 20.8. The number of allylic oxidation sites excluding steroid dienone is 7. The molecule has 0 fully saturated rings. The molecule has 0 aromatic rings. The number of hydrogen-bond acceptors (Lipinski definition) is 6. The molecule has 1 unspecified atom stereocenters. The second kappa shape index (κ2) is 39.6. The lowest BCUT2D eigenvalue weighted by atomic mass is 10.0. The summed E-state index contributed by atoms with van der Waals surface area (Å²) in [5, 5.41) is 19.2. The molecule has 0 aliphatic heterocycles. The van der Waals surface area contributed by atoms with Crippen LogP contribution in [0.1, 0.15) is 194 Å². The molecule has 0 aromatic carbocycles. The second-order valence-electron chi connectivity index (χ2n) is 13.9. The molecule has 0 heterocycles. The van der Waals surface area contributed by atoms with E-state index in [-0.39, 0.29) is 37.7 Å². The number of aliphatic hydroxyl groups is 2. The van der Waals surface area contributed by atoms with E-state index in [2.05, 4.69) is 62.5 Å². The second-order valence-corrected chi connectivity index (χ2v) is 13.9. The Morgan fingerprint density at radius 3 is 1.46 bits per heavy atom. The zero-order valence-corrected chi connectivity index (χ0v) is 32.5. The van der Waals surface area contributed by atoms with Crippen molar-refractivity contribution in [3.05, 3.63) is 48.6 Å². The quantitative estimate of drug-likeness (QED) is 0.0380. The van der Waals surface area contributed by atoms with E-state index in [4.69, 9.17) is 9.47 Å². The Kier molecular flexibility index (Phi) is 37.9. The highest BCUT2D eigenvalue weighted by Crippen LogP contribution is 2.15. The third-order valence-corrected chi connectivity index (χ3v) is 8.93. The summed E-state index contributed by atoms with van der Waals surface area (Å²) in [6, 6.07) is 0. The highest BCUT2D eigenvalue weighted by molar-refractivity contribution is 5.70. The van der Waals surface area contributed by atoms with Crippen molar-refractivity contribution in [3.63, 3.8) is 0 Å². The largest absolute Gasteiger partial charge is 0.462 e. The third-order valence-electron chi connectivity index (χ3n) is 8.93. The molecular weight excluding hydrogens is 624 g/mol. The maximum atomic E-state index is 12.2. The summed E-state index contributed by atoms with van der Waals surface area (Å²) in [5.41, 5.74) is 0. The van der Waals surface area contributed by atoms with E-state index in [9.17, 15) is 19.8 Å². The van der Waals surface area contributed by atoms with Gasteiger partial charge >= 0.3 is 11.9 Å². The van der Waals surface area contributed by atoms with Crippen molar-refractivity contribution in [3.8, 4) is 0 Å². The third kappa shape index (κ3) is 37.1. The molecule has 0 rings (SSSR count). The van der Waals surface area contributed by atoms with Crippen LogP contribution in [0.4, 0.5) is 0 Å². The molecule has 2 atom stereocenters. The van der Waals surface area contributed by atoms with E-state index >= 15 is 0 Å². The Bertz CT molecular complexity index is 861. The minimum absolute atomic E-state index is 0.0958. The van der Waals surface area contributed by atoms with Crippen molar-refractivity contribution < 1.29 is 29.3 Å². The van der Waals surface area contributed by atoms with Crippen LogP contribution in [0, 0.1) is 0 Å². The van der Waals surface area contributed by atoms with Gasteiger partial charge in [0.2, 0.25) is 0 Å². The van der Waals surface area contributed by atoms with Gasteiger partial charge in [-0.15, -0.1) is 0 Å². The van der Waals surface area contributed by atoms with Gasteiger partial charge in [-0.25, -0.2) is 0 Å². The molecule has 50 heavy (non-hydrogen) atoms. The molecule has 6 heteroatoms. The molecule has 6 nitrogen and oxygen atoms in total. The molecule has 0 aromatic heterocycles. The number of aliphatic hydroxyl groups excluding tert-OH is 2. The van der Waals surface area contributed by atoms with Crippen LogP contribution in [0.15, 0.2) is 48.6 Å². The van der Waals surface area contributed by atoms with E-state index in [0.717, 1.165) is 64.2 Å². The van der Waals surface area contributed by atoms with Crippen LogP contribution in [0.2, 0.25) is 0 Å². The molecule has 0 bridgehead atoms. The summed E-state index contributed by atoms with van der Waals surface area (Å²) in [7, 11) is 0. The summed E-state index contributed by atoms with van der Waals surface area (Å²) in [5.74, 6) is -0.672. The molecule has 0 spiro atoms. The van der Waals surface area contributed by atoms with Crippen LogP contribution in [-0.2, 0) is 19.1 Å². The highest BCUT2D eigenvalue weighted by Gasteiger charge is 2.16. The van der Waals surface area contributed by atoms with Crippen molar-refractivity contribution in [1.82, 2.24) is 0 Å². The first-order chi connectivity index (χ1) is 24.5. The van der Waals surface area contributed by atoms with Crippen LogP contribution < -0.4 is 0 Å². The van der Waals surface area contributed by atoms with Gasteiger partial charge in [0, 0.05) is 12.8 Å². The van der Waals surface area contributed by atoms with Crippen molar-refractivity contribution in [2.75, 3.05) is 13.2 Å². The highest BCUT2D eigenvalue weighted by atomic mass is 16.6. The average Bonchev–Trinajstić information content (AvgIpc) is 3.11. The Labute approximate surface area is 308 Å². The Morgan fingerprint density at radius 2 is 0.980 bits per heavy atom. The number of carbonyl (C=O) groups is 2. The first-order valence-corrected chi connectivity index (χ1v) is 20.8. The van der Waals surface area contributed by atoms with Gasteiger partial charge in [0.15, 0.2) is 6.10 Å². The molecular formula is C44H78O6. The van der Waals surface area contributed by atoms with Gasteiger partial charge in [0.05, 0.1) is 12.7 Å². The topological polar surface area (TPSA) is 93.1 Å². The van der Waals surface area contributed by atoms with Gasteiger partial charge < -0.3 is 19.7 Å². The molecule has 0 radical (unpaired) electrons. The maximum absolute atomic E-state index is 12.2. The van der Waals surface area contributed by atoms with Gasteiger partial charge in [0.25, 0.3) is 0 Å². The Balaban J connectivity index is 3.64. The van der Waals surface area contributed by atoms with Gasteiger partial charge in [0.1, 0.15) is 6.61 Å². The van der Waals surface area contributed by atoms with Crippen molar-refractivity contribution >= 4 is 11.9 Å². The number of esters is 2. The number of hydrogen-bond donors (Lipinski definition) is 2. The Hall–Kier alpha value is -2.18. The van der Waals surface area contributed by atoms with Crippen LogP contribution in [-0.4, -0.2) is 47.6 Å². The van der Waals surface area contributed by atoms with Crippen LogP contribution in [0.5, 0.6) is 0 Å². The normalized spacial score (nSPS) is 13.3. The smallest absolute Gasteiger partial charge is 0.306 e. The summed E-state index contributed by atoms with van der Waals surface area (Å²) >= 11 is 0. The average molecular weight is 703 g/mol. The van der Waals surface area contributed by atoms with E-state index in [0.29, 0.717) is 12.8 Å². The number of ether oxygens (including phenoxy) is 2. The van der Waals surface area contributed by atoms with E-state index in [1.807, 2.05) is 0 Å². The fourth-order valence-electron chi connectivity index (χ4n) is 5.80. The predicted octanol–water partition coefficient (Wildman–Crippen LogP) is 12.0. The molecule has 0 saturated heterocycles. The summed E-state index contributed by atoms with van der Waals surface area (Å²) in [4.78, 5) is 24.3. The van der Waals surface area contributed by atoms with Gasteiger partial charge in [-0.3, -0.25) is 9.59 Å². The van der Waals surface area contributed by atoms with Crippen molar-refractivity contribution in [2.45, 2.75) is 206 Å². The standard InChI is InChI=1S/C44H78O6/c1-3-5-6-7-8-9-10-11-12-13-14-15-18-21-24-27-30-33-37-43(47)49-40-42(39-45)50-44(48)38-34-31-28-25-22-19-16-17-20-23-26-29-32-36-41(46)35-4-2/h16,19-20,23,25,28-29,32,41-42,45-46H,3-15,17-18,21-22,24,26-27,30-31,33-40H2,1-2H3/b19-16-,23-20-,28-25-,32-29-/t41?,42-/m0/s1. The van der Waals surface area contributed by atoms with Gasteiger partial charge in [-0.05, 0) is 51.4 Å². The molecule has 0 saturated carbocycles. The van der Waals surface area contributed by atoms with Crippen molar-refractivity contribution in [1.29, 1.82) is 0 Å². The molecule has 2 N–H and O–H groups in total. The molecule has 0 aliphatic carbocycles. The zero-order chi connectivity index (χ0) is 36.6. The van der Waals surface area contributed by atoms with E-state index in [1.165, 1.54) is 96.3 Å².